The van der Waals surface area contributed by atoms with Crippen LogP contribution in [-0.4, -0.2) is 22.0 Å². The Kier molecular flexibility index (Phi) is 4.78. The van der Waals surface area contributed by atoms with E-state index >= 15 is 0 Å². The second-order valence-corrected chi connectivity index (χ2v) is 4.24. The van der Waals surface area contributed by atoms with Gasteiger partial charge in [0.1, 0.15) is 11.6 Å². The van der Waals surface area contributed by atoms with Gasteiger partial charge in [-0.25, -0.2) is 4.98 Å². The molecule has 0 fully saturated rings. The van der Waals surface area contributed by atoms with Crippen molar-refractivity contribution in [2.24, 2.45) is 5.73 Å². The Bertz CT molecular complexity index is 497. The summed E-state index contributed by atoms with van der Waals surface area (Å²) >= 11 is 0. The number of nitrogens with zero attached hydrogens (tertiary/aromatic N) is 3. The summed E-state index contributed by atoms with van der Waals surface area (Å²) in [4.78, 5) is 14.5. The van der Waals surface area contributed by atoms with Gasteiger partial charge in [-0.1, -0.05) is 13.8 Å². The minimum atomic E-state index is -0.597. The summed E-state index contributed by atoms with van der Waals surface area (Å²) in [5.74, 6) is 0.0956. The van der Waals surface area contributed by atoms with Gasteiger partial charge in [0.25, 0.3) is 0 Å². The van der Waals surface area contributed by atoms with E-state index in [-0.39, 0.29) is 17.1 Å². The molecule has 0 atom stereocenters. The SMILES string of the molecule is CCC(CC)(CN)Nc1nccc(C#N)c1[N+](=O)[O-]. The topological polar surface area (TPSA) is 118 Å². The molecule has 0 saturated heterocycles. The minimum Gasteiger partial charge on any atom is -0.358 e. The van der Waals surface area contributed by atoms with Crippen LogP contribution in [0.15, 0.2) is 12.3 Å². The lowest BCUT2D eigenvalue weighted by Gasteiger charge is -2.31. The molecule has 0 aromatic carbocycles. The quantitative estimate of drug-likeness (QED) is 0.596. The zero-order valence-corrected chi connectivity index (χ0v) is 11.0. The number of aromatic nitrogens is 1. The van der Waals surface area contributed by atoms with Gasteiger partial charge in [-0.3, -0.25) is 10.1 Å². The lowest BCUT2D eigenvalue weighted by molar-refractivity contribution is -0.384. The van der Waals surface area contributed by atoms with Crippen LogP contribution < -0.4 is 11.1 Å². The molecule has 0 aliphatic heterocycles. The van der Waals surface area contributed by atoms with Crippen molar-refractivity contribution in [1.29, 1.82) is 5.26 Å². The van der Waals surface area contributed by atoms with Crippen LogP contribution in [0.2, 0.25) is 0 Å². The third-order valence-electron chi connectivity index (χ3n) is 3.36. The highest BCUT2D eigenvalue weighted by atomic mass is 16.6. The number of nitriles is 1. The predicted octanol–water partition coefficient (Wildman–Crippen LogP) is 1.79. The monoisotopic (exact) mass is 263 g/mol. The molecular formula is C12H17N5O2. The van der Waals surface area contributed by atoms with Gasteiger partial charge in [0.2, 0.25) is 5.82 Å². The van der Waals surface area contributed by atoms with Crippen LogP contribution in [0.25, 0.3) is 0 Å². The molecule has 1 aromatic heterocycles. The molecule has 0 aliphatic rings. The van der Waals surface area contributed by atoms with Gasteiger partial charge in [-0.05, 0) is 18.9 Å². The average molecular weight is 263 g/mol. The van der Waals surface area contributed by atoms with Crippen molar-refractivity contribution < 1.29 is 4.92 Å². The highest BCUT2D eigenvalue weighted by molar-refractivity contribution is 5.65. The molecule has 0 spiro atoms. The molecule has 1 rings (SSSR count). The Morgan fingerprint density at radius 1 is 1.58 bits per heavy atom. The van der Waals surface area contributed by atoms with Crippen LogP contribution in [0, 0.1) is 21.4 Å². The van der Waals surface area contributed by atoms with Crippen LogP contribution in [0.1, 0.15) is 32.3 Å². The molecular weight excluding hydrogens is 246 g/mol. The first-order valence-corrected chi connectivity index (χ1v) is 6.05. The van der Waals surface area contributed by atoms with Crippen molar-refractivity contribution in [2.45, 2.75) is 32.2 Å². The van der Waals surface area contributed by atoms with Gasteiger partial charge in [-0.2, -0.15) is 5.26 Å². The zero-order chi connectivity index (χ0) is 14.5. The van der Waals surface area contributed by atoms with Gasteiger partial charge in [0.05, 0.1) is 10.5 Å². The summed E-state index contributed by atoms with van der Waals surface area (Å²) in [5.41, 5.74) is 4.98. The first-order chi connectivity index (χ1) is 9.03. The number of pyridine rings is 1. The lowest BCUT2D eigenvalue weighted by Crippen LogP contribution is -2.44. The molecule has 0 saturated carbocycles. The van der Waals surface area contributed by atoms with E-state index in [1.54, 1.807) is 6.07 Å². The second kappa shape index (κ2) is 6.11. The third kappa shape index (κ3) is 2.98. The standard InChI is InChI=1S/C12H17N5O2/c1-3-12(4-2,8-14)16-11-10(17(18)19)9(7-13)5-6-15-11/h5-6H,3-4,8,14H2,1-2H3,(H,15,16). The van der Waals surface area contributed by atoms with Crippen LogP contribution in [-0.2, 0) is 0 Å². The first-order valence-electron chi connectivity index (χ1n) is 6.05. The number of nitrogens with one attached hydrogen (secondary N) is 1. The molecule has 7 nitrogen and oxygen atoms in total. The molecule has 0 unspecified atom stereocenters. The molecule has 0 bridgehead atoms. The van der Waals surface area contributed by atoms with E-state index in [1.165, 1.54) is 12.3 Å². The summed E-state index contributed by atoms with van der Waals surface area (Å²) in [6, 6.07) is 3.13. The highest BCUT2D eigenvalue weighted by Gasteiger charge is 2.29. The van der Waals surface area contributed by atoms with Gasteiger partial charge in [-0.15, -0.1) is 0 Å². The molecule has 0 amide bonds. The number of nitrogens with two attached hydrogens (primary N) is 1. The lowest BCUT2D eigenvalue weighted by atomic mass is 9.93. The van der Waals surface area contributed by atoms with E-state index in [0.717, 1.165) is 0 Å². The van der Waals surface area contributed by atoms with Gasteiger partial charge in [0.15, 0.2) is 0 Å². The number of hydrogen-bond acceptors (Lipinski definition) is 6. The summed E-state index contributed by atoms with van der Waals surface area (Å²) < 4.78 is 0. The molecule has 3 N–H and O–H groups in total. The van der Waals surface area contributed by atoms with Crippen LogP contribution in [0.4, 0.5) is 11.5 Å². The van der Waals surface area contributed by atoms with E-state index in [0.29, 0.717) is 19.4 Å². The predicted molar refractivity (Wildman–Crippen MR) is 71.6 cm³/mol. The second-order valence-electron chi connectivity index (χ2n) is 4.24. The van der Waals surface area contributed by atoms with Crippen molar-refractivity contribution in [2.75, 3.05) is 11.9 Å². The minimum absolute atomic E-state index is 0.0133. The number of nitro groups is 1. The molecule has 19 heavy (non-hydrogen) atoms. The van der Waals surface area contributed by atoms with Gasteiger partial charge >= 0.3 is 5.69 Å². The van der Waals surface area contributed by atoms with Crippen LogP contribution in [0.3, 0.4) is 0 Å². The molecule has 0 aliphatic carbocycles. The van der Waals surface area contributed by atoms with Crippen molar-refractivity contribution in [1.82, 2.24) is 4.98 Å². The molecule has 0 radical (unpaired) electrons. The fraction of sp³-hybridized carbons (Fsp3) is 0.500. The average Bonchev–Trinajstić information content (AvgIpc) is 2.44. The van der Waals surface area contributed by atoms with Crippen molar-refractivity contribution in [3.05, 3.63) is 27.9 Å². The molecule has 102 valence electrons. The van der Waals surface area contributed by atoms with E-state index < -0.39 is 10.5 Å². The smallest absolute Gasteiger partial charge is 0.328 e. The van der Waals surface area contributed by atoms with Gasteiger partial charge in [0, 0.05) is 12.7 Å². The molecule has 7 heteroatoms. The highest BCUT2D eigenvalue weighted by Crippen LogP contribution is 2.29. The summed E-state index contributed by atoms with van der Waals surface area (Å²) in [7, 11) is 0. The normalized spacial score (nSPS) is 10.8. The Balaban J connectivity index is 3.28. The van der Waals surface area contributed by atoms with Crippen molar-refractivity contribution >= 4 is 11.5 Å². The van der Waals surface area contributed by atoms with Crippen molar-refractivity contribution in [3.8, 4) is 6.07 Å². The van der Waals surface area contributed by atoms with Gasteiger partial charge < -0.3 is 11.1 Å². The van der Waals surface area contributed by atoms with E-state index in [9.17, 15) is 10.1 Å². The number of rotatable bonds is 6. The summed E-state index contributed by atoms with van der Waals surface area (Å²) in [6.45, 7) is 4.22. The van der Waals surface area contributed by atoms with Crippen LogP contribution >= 0.6 is 0 Å². The van der Waals surface area contributed by atoms with Crippen LogP contribution in [0.5, 0.6) is 0 Å². The maximum atomic E-state index is 11.1. The summed E-state index contributed by atoms with van der Waals surface area (Å²) in [5, 5.41) is 23.1. The third-order valence-corrected chi connectivity index (χ3v) is 3.36. The zero-order valence-electron chi connectivity index (χ0n) is 11.0. The number of anilines is 1. The Morgan fingerprint density at radius 2 is 2.21 bits per heavy atom. The summed E-state index contributed by atoms with van der Waals surface area (Å²) in [6.07, 6.45) is 2.78. The first kappa shape index (κ1) is 14.9. The Labute approximate surface area is 111 Å². The fourth-order valence-electron chi connectivity index (χ4n) is 1.84. The maximum absolute atomic E-state index is 11.1. The van der Waals surface area contributed by atoms with Crippen molar-refractivity contribution in [3.63, 3.8) is 0 Å². The fourth-order valence-corrected chi connectivity index (χ4v) is 1.84. The Hall–Kier alpha value is -2.20. The largest absolute Gasteiger partial charge is 0.358 e. The van der Waals surface area contributed by atoms with E-state index in [4.69, 9.17) is 11.0 Å². The van der Waals surface area contributed by atoms with E-state index in [2.05, 4.69) is 10.3 Å². The van der Waals surface area contributed by atoms with E-state index in [1.807, 2.05) is 13.8 Å². The molecule has 1 heterocycles. The maximum Gasteiger partial charge on any atom is 0.328 e. The number of hydrogen-bond donors (Lipinski definition) is 2. The Morgan fingerprint density at radius 3 is 2.63 bits per heavy atom. The molecule has 1 aromatic rings.